The van der Waals surface area contributed by atoms with Crippen molar-refractivity contribution in [1.82, 2.24) is 20.2 Å². The molecule has 2 amide bonds. The smallest absolute Gasteiger partial charge is 0.269 e. The molecule has 0 bridgehead atoms. The largest absolute Gasteiger partial charge is 0.477 e. The monoisotopic (exact) mass is 424 g/mol. The molecule has 1 atom stereocenters. The minimum atomic E-state index is -0.448. The van der Waals surface area contributed by atoms with Gasteiger partial charge in [-0.3, -0.25) is 19.5 Å². The summed E-state index contributed by atoms with van der Waals surface area (Å²) >= 11 is 0. The van der Waals surface area contributed by atoms with Crippen LogP contribution in [-0.4, -0.2) is 66.0 Å². The summed E-state index contributed by atoms with van der Waals surface area (Å²) in [5.74, 6) is 0.346. The van der Waals surface area contributed by atoms with Crippen molar-refractivity contribution in [2.75, 3.05) is 43.4 Å². The lowest BCUT2D eigenvalue weighted by Gasteiger charge is -2.36. The van der Waals surface area contributed by atoms with Gasteiger partial charge in [-0.25, -0.2) is 4.98 Å². The van der Waals surface area contributed by atoms with Gasteiger partial charge in [-0.05, 0) is 31.5 Å². The first kappa shape index (κ1) is 21.0. The Morgan fingerprint density at radius 3 is 2.74 bits per heavy atom. The van der Waals surface area contributed by atoms with Crippen LogP contribution in [0.15, 0.2) is 24.4 Å². The summed E-state index contributed by atoms with van der Waals surface area (Å²) in [4.78, 5) is 37.4. The molecule has 9 nitrogen and oxygen atoms in total. The van der Waals surface area contributed by atoms with Crippen molar-refractivity contribution >= 4 is 23.2 Å². The first-order chi connectivity index (χ1) is 15.0. The van der Waals surface area contributed by atoms with E-state index in [0.29, 0.717) is 30.1 Å². The normalized spacial score (nSPS) is 18.7. The molecule has 164 valence electrons. The number of carbonyl (C=O) groups excluding carboxylic acids is 2. The van der Waals surface area contributed by atoms with Crippen LogP contribution in [-0.2, 0) is 11.3 Å². The lowest BCUT2D eigenvalue weighted by atomic mass is 10.2. The molecule has 2 aromatic rings. The van der Waals surface area contributed by atoms with Crippen LogP contribution in [0.3, 0.4) is 0 Å². The van der Waals surface area contributed by atoms with Crippen molar-refractivity contribution in [2.45, 2.75) is 32.9 Å². The third kappa shape index (κ3) is 4.46. The minimum absolute atomic E-state index is 0.104. The Kier molecular flexibility index (Phi) is 6.03. The Morgan fingerprint density at radius 2 is 2.06 bits per heavy atom. The number of ether oxygens (including phenoxy) is 1. The van der Waals surface area contributed by atoms with Crippen molar-refractivity contribution in [3.8, 4) is 5.75 Å². The molecule has 2 N–H and O–H groups in total. The topological polar surface area (TPSA) is 99.7 Å². The number of piperazine rings is 1. The molecule has 31 heavy (non-hydrogen) atoms. The highest BCUT2D eigenvalue weighted by Crippen LogP contribution is 2.30. The van der Waals surface area contributed by atoms with Crippen molar-refractivity contribution < 1.29 is 14.3 Å². The number of pyridine rings is 2. The van der Waals surface area contributed by atoms with Crippen molar-refractivity contribution in [2.24, 2.45) is 0 Å². The molecule has 0 spiro atoms. The van der Waals surface area contributed by atoms with E-state index in [4.69, 9.17) is 4.74 Å². The number of aromatic nitrogens is 2. The van der Waals surface area contributed by atoms with Gasteiger partial charge in [-0.2, -0.15) is 0 Å². The number of aryl methyl sites for hydroxylation is 1. The Labute approximate surface area is 181 Å². The summed E-state index contributed by atoms with van der Waals surface area (Å²) in [6.45, 7) is 8.07. The highest BCUT2D eigenvalue weighted by Gasteiger charge is 2.27. The molecule has 0 aromatic carbocycles. The SMILES string of the molecule is CC[C@@H]1Oc2cnc(CN3CCN(c4ccc(C(=O)NC)nc4C)CC3)cc2NC1=O. The van der Waals surface area contributed by atoms with Gasteiger partial charge in [0.2, 0.25) is 0 Å². The van der Waals surface area contributed by atoms with E-state index in [1.165, 1.54) is 0 Å². The molecule has 9 heteroatoms. The lowest BCUT2D eigenvalue weighted by molar-refractivity contribution is -0.123. The summed E-state index contributed by atoms with van der Waals surface area (Å²) in [5.41, 5.74) is 3.94. The van der Waals surface area contributed by atoms with Crippen LogP contribution in [0.25, 0.3) is 0 Å². The second-order valence-electron chi connectivity index (χ2n) is 7.82. The van der Waals surface area contributed by atoms with E-state index in [1.54, 1.807) is 19.3 Å². The molecular formula is C22H28N6O3. The molecule has 4 rings (SSSR count). The fraction of sp³-hybridized carbons (Fsp3) is 0.455. The van der Waals surface area contributed by atoms with Crippen LogP contribution in [0.2, 0.25) is 0 Å². The first-order valence-electron chi connectivity index (χ1n) is 10.6. The molecule has 2 aromatic heterocycles. The van der Waals surface area contributed by atoms with Crippen LogP contribution < -0.4 is 20.3 Å². The van der Waals surface area contributed by atoms with Gasteiger partial charge in [0.15, 0.2) is 11.9 Å². The number of nitrogens with zero attached hydrogens (tertiary/aromatic N) is 4. The number of nitrogens with one attached hydrogen (secondary N) is 2. The van der Waals surface area contributed by atoms with Gasteiger partial charge in [0.25, 0.3) is 11.8 Å². The third-order valence-corrected chi connectivity index (χ3v) is 5.73. The number of rotatable bonds is 5. The Morgan fingerprint density at radius 1 is 1.29 bits per heavy atom. The maximum absolute atomic E-state index is 12.1. The van der Waals surface area contributed by atoms with Gasteiger partial charge >= 0.3 is 0 Å². The zero-order valence-electron chi connectivity index (χ0n) is 18.1. The van der Waals surface area contributed by atoms with Crippen LogP contribution >= 0.6 is 0 Å². The number of carbonyl (C=O) groups is 2. The quantitative estimate of drug-likeness (QED) is 0.752. The maximum atomic E-state index is 12.1. The van der Waals surface area contributed by atoms with Gasteiger partial charge in [-0.15, -0.1) is 0 Å². The lowest BCUT2D eigenvalue weighted by Crippen LogP contribution is -2.46. The summed E-state index contributed by atoms with van der Waals surface area (Å²) in [5, 5.41) is 5.53. The number of fused-ring (bicyclic) bond motifs is 1. The average Bonchev–Trinajstić information content (AvgIpc) is 2.78. The van der Waals surface area contributed by atoms with Gasteiger partial charge < -0.3 is 20.3 Å². The van der Waals surface area contributed by atoms with Gasteiger partial charge in [-0.1, -0.05) is 6.92 Å². The molecule has 0 unspecified atom stereocenters. The molecule has 1 saturated heterocycles. The fourth-order valence-electron chi connectivity index (χ4n) is 3.97. The van der Waals surface area contributed by atoms with E-state index in [1.807, 2.05) is 26.0 Å². The molecule has 1 fully saturated rings. The third-order valence-electron chi connectivity index (χ3n) is 5.73. The van der Waals surface area contributed by atoms with Crippen LogP contribution in [0.4, 0.5) is 11.4 Å². The van der Waals surface area contributed by atoms with E-state index >= 15 is 0 Å². The van der Waals surface area contributed by atoms with Crippen LogP contribution in [0.5, 0.6) is 5.75 Å². The molecule has 0 saturated carbocycles. The summed E-state index contributed by atoms with van der Waals surface area (Å²) < 4.78 is 5.72. The molecule has 4 heterocycles. The highest BCUT2D eigenvalue weighted by molar-refractivity contribution is 5.97. The molecule has 2 aliphatic heterocycles. The van der Waals surface area contributed by atoms with Gasteiger partial charge in [0.05, 0.1) is 29.0 Å². The van der Waals surface area contributed by atoms with E-state index in [-0.39, 0.29) is 11.8 Å². The van der Waals surface area contributed by atoms with E-state index in [9.17, 15) is 9.59 Å². The summed E-state index contributed by atoms with van der Waals surface area (Å²) in [6, 6.07) is 5.64. The van der Waals surface area contributed by atoms with Gasteiger partial charge in [0, 0.05) is 39.8 Å². The van der Waals surface area contributed by atoms with Crippen LogP contribution in [0.1, 0.15) is 35.2 Å². The summed E-state index contributed by atoms with van der Waals surface area (Å²) in [6.07, 6.45) is 1.88. The van der Waals surface area contributed by atoms with E-state index in [0.717, 1.165) is 43.3 Å². The average molecular weight is 425 g/mol. The molecule has 0 aliphatic carbocycles. The highest BCUT2D eigenvalue weighted by atomic mass is 16.5. The van der Waals surface area contributed by atoms with Gasteiger partial charge in [0.1, 0.15) is 5.69 Å². The van der Waals surface area contributed by atoms with E-state index < -0.39 is 6.10 Å². The molecule has 0 radical (unpaired) electrons. The maximum Gasteiger partial charge on any atom is 0.269 e. The standard InChI is InChI=1S/C22H28N6O3/c1-4-19-22(30)26-17-11-15(24-12-20(17)31-19)13-27-7-9-28(10-8-27)18-6-5-16(21(29)23-3)25-14(18)2/h5-6,11-12,19H,4,7-10,13H2,1-3H3,(H,23,29)(H,26,30)/t19-/m0/s1. The first-order valence-corrected chi connectivity index (χ1v) is 10.6. The Balaban J connectivity index is 1.36. The predicted octanol–water partition coefficient (Wildman–Crippen LogP) is 1.58. The predicted molar refractivity (Wildman–Crippen MR) is 117 cm³/mol. The Hall–Kier alpha value is -3.20. The van der Waals surface area contributed by atoms with Crippen LogP contribution in [0, 0.1) is 6.92 Å². The molecular weight excluding hydrogens is 396 g/mol. The number of hydrogen-bond donors (Lipinski definition) is 2. The minimum Gasteiger partial charge on any atom is -0.477 e. The number of hydrogen-bond acceptors (Lipinski definition) is 7. The number of anilines is 2. The second kappa shape index (κ2) is 8.89. The van der Waals surface area contributed by atoms with Crippen molar-refractivity contribution in [3.05, 3.63) is 41.5 Å². The Bertz CT molecular complexity index is 987. The summed E-state index contributed by atoms with van der Waals surface area (Å²) in [7, 11) is 1.60. The zero-order chi connectivity index (χ0) is 22.0. The zero-order valence-corrected chi connectivity index (χ0v) is 18.1. The second-order valence-corrected chi connectivity index (χ2v) is 7.82. The van der Waals surface area contributed by atoms with E-state index in [2.05, 4.69) is 30.4 Å². The van der Waals surface area contributed by atoms with Crippen molar-refractivity contribution in [1.29, 1.82) is 0 Å². The van der Waals surface area contributed by atoms with Crippen molar-refractivity contribution in [3.63, 3.8) is 0 Å². The number of amides is 2. The molecule has 2 aliphatic rings. The fourth-order valence-corrected chi connectivity index (χ4v) is 3.97.